The molecular formula is C14H18BrFN2O. The van der Waals surface area contributed by atoms with Gasteiger partial charge in [-0.25, -0.2) is 4.39 Å². The molecule has 0 bridgehead atoms. The SMILES string of the molecule is CC1CCC(NC(=O)c2cc(N)c(F)cc2Br)CC1. The monoisotopic (exact) mass is 328 g/mol. The van der Waals surface area contributed by atoms with Crippen LogP contribution in [-0.4, -0.2) is 11.9 Å². The lowest BCUT2D eigenvalue weighted by Gasteiger charge is -2.27. The van der Waals surface area contributed by atoms with Crippen LogP contribution in [0, 0.1) is 11.7 Å². The molecule has 0 aromatic heterocycles. The number of anilines is 1. The van der Waals surface area contributed by atoms with E-state index in [1.54, 1.807) is 0 Å². The number of carbonyl (C=O) groups is 1. The second kappa shape index (κ2) is 5.90. The zero-order valence-corrected chi connectivity index (χ0v) is 12.5. The molecule has 104 valence electrons. The molecule has 2 rings (SSSR count). The highest BCUT2D eigenvalue weighted by molar-refractivity contribution is 9.10. The first-order valence-corrected chi connectivity index (χ1v) is 7.32. The van der Waals surface area contributed by atoms with E-state index in [2.05, 4.69) is 28.2 Å². The van der Waals surface area contributed by atoms with Crippen molar-refractivity contribution in [1.82, 2.24) is 5.32 Å². The fraction of sp³-hybridized carbons (Fsp3) is 0.500. The Balaban J connectivity index is 2.06. The standard InChI is InChI=1S/C14H18BrFN2O/c1-8-2-4-9(5-3-8)18-14(19)10-6-13(17)12(16)7-11(10)15/h6-9H,2-5,17H2,1H3,(H,18,19). The highest BCUT2D eigenvalue weighted by Crippen LogP contribution is 2.26. The first-order chi connectivity index (χ1) is 8.97. The molecule has 19 heavy (non-hydrogen) atoms. The summed E-state index contributed by atoms with van der Waals surface area (Å²) in [6.45, 7) is 2.23. The first kappa shape index (κ1) is 14.3. The summed E-state index contributed by atoms with van der Waals surface area (Å²) in [6, 6.07) is 2.81. The number of nitrogen functional groups attached to an aromatic ring is 1. The number of rotatable bonds is 2. The summed E-state index contributed by atoms with van der Waals surface area (Å²) in [6.07, 6.45) is 4.28. The van der Waals surface area contributed by atoms with Gasteiger partial charge in [-0.3, -0.25) is 4.79 Å². The molecule has 1 aliphatic rings. The fourth-order valence-corrected chi connectivity index (χ4v) is 2.90. The Morgan fingerprint density at radius 2 is 2.00 bits per heavy atom. The summed E-state index contributed by atoms with van der Waals surface area (Å²) in [5, 5.41) is 3.00. The normalized spacial score (nSPS) is 23.1. The molecule has 1 fully saturated rings. The Bertz CT molecular complexity index is 485. The van der Waals surface area contributed by atoms with Gasteiger partial charge in [0, 0.05) is 10.5 Å². The van der Waals surface area contributed by atoms with Crippen LogP contribution in [0.2, 0.25) is 0 Å². The molecule has 5 heteroatoms. The number of carbonyl (C=O) groups excluding carboxylic acids is 1. The van der Waals surface area contributed by atoms with Crippen LogP contribution < -0.4 is 11.1 Å². The van der Waals surface area contributed by atoms with E-state index in [0.717, 1.165) is 31.6 Å². The number of nitrogens with one attached hydrogen (secondary N) is 1. The van der Waals surface area contributed by atoms with E-state index in [1.807, 2.05) is 0 Å². The van der Waals surface area contributed by atoms with Crippen molar-refractivity contribution in [2.75, 3.05) is 5.73 Å². The van der Waals surface area contributed by atoms with Crippen LogP contribution in [0.3, 0.4) is 0 Å². The van der Waals surface area contributed by atoms with Gasteiger partial charge in [0.1, 0.15) is 5.82 Å². The van der Waals surface area contributed by atoms with Crippen molar-refractivity contribution in [2.24, 2.45) is 5.92 Å². The van der Waals surface area contributed by atoms with Crippen LogP contribution in [0.25, 0.3) is 0 Å². The number of benzene rings is 1. The quantitative estimate of drug-likeness (QED) is 0.816. The molecule has 1 saturated carbocycles. The lowest BCUT2D eigenvalue weighted by Crippen LogP contribution is -2.37. The van der Waals surface area contributed by atoms with Crippen LogP contribution in [0.4, 0.5) is 10.1 Å². The largest absolute Gasteiger partial charge is 0.396 e. The molecule has 3 nitrogen and oxygen atoms in total. The molecule has 3 N–H and O–H groups in total. The number of amides is 1. The van der Waals surface area contributed by atoms with E-state index in [9.17, 15) is 9.18 Å². The van der Waals surface area contributed by atoms with Gasteiger partial charge in [-0.2, -0.15) is 0 Å². The van der Waals surface area contributed by atoms with E-state index in [0.29, 0.717) is 10.0 Å². The smallest absolute Gasteiger partial charge is 0.252 e. The summed E-state index contributed by atoms with van der Waals surface area (Å²) < 4.78 is 13.7. The summed E-state index contributed by atoms with van der Waals surface area (Å²) >= 11 is 3.20. The van der Waals surface area contributed by atoms with Gasteiger partial charge < -0.3 is 11.1 Å². The Morgan fingerprint density at radius 3 is 2.63 bits per heavy atom. The Morgan fingerprint density at radius 1 is 1.37 bits per heavy atom. The lowest BCUT2D eigenvalue weighted by atomic mass is 9.87. The molecule has 0 unspecified atom stereocenters. The van der Waals surface area contributed by atoms with E-state index in [-0.39, 0.29) is 17.6 Å². The molecule has 0 atom stereocenters. The maximum absolute atomic E-state index is 13.2. The third-order valence-corrected chi connectivity index (χ3v) is 4.34. The molecular weight excluding hydrogens is 311 g/mol. The predicted octanol–water partition coefficient (Wildman–Crippen LogP) is 3.48. The second-order valence-corrected chi connectivity index (χ2v) is 6.14. The van der Waals surface area contributed by atoms with Crippen molar-refractivity contribution in [1.29, 1.82) is 0 Å². The maximum atomic E-state index is 13.2. The van der Waals surface area contributed by atoms with Gasteiger partial charge in [-0.15, -0.1) is 0 Å². The van der Waals surface area contributed by atoms with E-state index in [1.165, 1.54) is 12.1 Å². The number of nitrogens with two attached hydrogens (primary N) is 1. The number of hydrogen-bond donors (Lipinski definition) is 2. The molecule has 0 radical (unpaired) electrons. The first-order valence-electron chi connectivity index (χ1n) is 6.52. The topological polar surface area (TPSA) is 55.1 Å². The highest BCUT2D eigenvalue weighted by atomic mass is 79.9. The minimum absolute atomic E-state index is 0.00869. The van der Waals surface area contributed by atoms with E-state index >= 15 is 0 Å². The van der Waals surface area contributed by atoms with E-state index < -0.39 is 5.82 Å². The Hall–Kier alpha value is -1.10. The van der Waals surface area contributed by atoms with Gasteiger partial charge in [-0.1, -0.05) is 6.92 Å². The average molecular weight is 329 g/mol. The molecule has 1 amide bonds. The van der Waals surface area contributed by atoms with Crippen LogP contribution >= 0.6 is 15.9 Å². The molecule has 1 aromatic rings. The van der Waals surface area contributed by atoms with Gasteiger partial charge in [0.2, 0.25) is 0 Å². The molecule has 0 aliphatic heterocycles. The van der Waals surface area contributed by atoms with Gasteiger partial charge in [0.15, 0.2) is 0 Å². The summed E-state index contributed by atoms with van der Waals surface area (Å²) in [4.78, 5) is 12.2. The van der Waals surface area contributed by atoms with Crippen LogP contribution in [0.5, 0.6) is 0 Å². The van der Waals surface area contributed by atoms with Crippen molar-refractivity contribution in [2.45, 2.75) is 38.6 Å². The highest BCUT2D eigenvalue weighted by Gasteiger charge is 2.21. The van der Waals surface area contributed by atoms with Gasteiger partial charge in [0.05, 0.1) is 11.3 Å². The minimum atomic E-state index is -0.519. The number of hydrogen-bond acceptors (Lipinski definition) is 2. The van der Waals surface area contributed by atoms with Crippen molar-refractivity contribution >= 4 is 27.5 Å². The lowest BCUT2D eigenvalue weighted by molar-refractivity contribution is 0.0922. The molecule has 1 aromatic carbocycles. The van der Waals surface area contributed by atoms with Crippen molar-refractivity contribution < 1.29 is 9.18 Å². The Labute approximate surface area is 120 Å². The fourth-order valence-electron chi connectivity index (χ4n) is 2.41. The Kier molecular flexibility index (Phi) is 4.45. The van der Waals surface area contributed by atoms with Crippen LogP contribution in [-0.2, 0) is 0 Å². The van der Waals surface area contributed by atoms with Gasteiger partial charge >= 0.3 is 0 Å². The van der Waals surface area contributed by atoms with Crippen LogP contribution in [0.15, 0.2) is 16.6 Å². The van der Waals surface area contributed by atoms with Crippen molar-refractivity contribution in [3.8, 4) is 0 Å². The van der Waals surface area contributed by atoms with E-state index in [4.69, 9.17) is 5.73 Å². The minimum Gasteiger partial charge on any atom is -0.396 e. The second-order valence-electron chi connectivity index (χ2n) is 5.28. The predicted molar refractivity (Wildman–Crippen MR) is 77.4 cm³/mol. The third kappa shape index (κ3) is 3.47. The molecule has 0 spiro atoms. The molecule has 0 saturated heterocycles. The summed E-state index contributed by atoms with van der Waals surface area (Å²) in [5.41, 5.74) is 5.88. The number of halogens is 2. The van der Waals surface area contributed by atoms with Crippen molar-refractivity contribution in [3.05, 3.63) is 28.0 Å². The van der Waals surface area contributed by atoms with Crippen molar-refractivity contribution in [3.63, 3.8) is 0 Å². The molecule has 1 aliphatic carbocycles. The van der Waals surface area contributed by atoms with Gasteiger partial charge in [0.25, 0.3) is 5.91 Å². The molecule has 0 heterocycles. The van der Waals surface area contributed by atoms with Crippen LogP contribution in [0.1, 0.15) is 43.0 Å². The van der Waals surface area contributed by atoms with Gasteiger partial charge in [-0.05, 0) is 59.7 Å². The third-order valence-electron chi connectivity index (χ3n) is 3.68. The zero-order valence-electron chi connectivity index (χ0n) is 10.9. The average Bonchev–Trinajstić information content (AvgIpc) is 2.36. The zero-order chi connectivity index (χ0) is 14.0. The summed E-state index contributed by atoms with van der Waals surface area (Å²) in [7, 11) is 0. The summed E-state index contributed by atoms with van der Waals surface area (Å²) in [5.74, 6) is 0.0226. The maximum Gasteiger partial charge on any atom is 0.252 e.